The zero-order chi connectivity index (χ0) is 15.1. The smallest absolute Gasteiger partial charge is 0.163 e. The van der Waals surface area contributed by atoms with Crippen LogP contribution in [0.2, 0.25) is 0 Å². The molecule has 4 nitrogen and oxygen atoms in total. The minimum Gasteiger partial charge on any atom is -0.496 e. The fourth-order valence-corrected chi connectivity index (χ4v) is 1.69. The molecule has 0 amide bonds. The lowest BCUT2D eigenvalue weighted by molar-refractivity contribution is 0.401. The first-order valence-corrected chi connectivity index (χ1v) is 5.95. The molecule has 0 fully saturated rings. The van der Waals surface area contributed by atoms with Gasteiger partial charge >= 0.3 is 0 Å². The zero-order valence-corrected chi connectivity index (χ0v) is 12.0. The lowest BCUT2D eigenvalue weighted by Crippen LogP contribution is -1.93. The van der Waals surface area contributed by atoms with Gasteiger partial charge < -0.3 is 9.47 Å². The third-order valence-corrected chi connectivity index (χ3v) is 2.67. The number of nitrogens with zero attached hydrogens (tertiary/aromatic N) is 2. The van der Waals surface area contributed by atoms with Crippen LogP contribution in [0.1, 0.15) is 25.0 Å². The first kappa shape index (κ1) is 15.3. The molecule has 0 bridgehead atoms. The number of hydrogen-bond donors (Lipinski definition) is 0. The second kappa shape index (κ2) is 7.01. The summed E-state index contributed by atoms with van der Waals surface area (Å²) in [6.07, 6.45) is 3.47. The summed E-state index contributed by atoms with van der Waals surface area (Å²) in [5.41, 5.74) is 2.67. The summed E-state index contributed by atoms with van der Waals surface area (Å²) in [7, 11) is 3.13. The first-order valence-electron chi connectivity index (χ1n) is 5.95. The number of allylic oxidation sites excluding steroid dienone is 2. The topological polar surface area (TPSA) is 46.6 Å². The second-order valence-electron chi connectivity index (χ2n) is 4.17. The van der Waals surface area contributed by atoms with Gasteiger partial charge in [-0.15, -0.1) is 0 Å². The van der Waals surface area contributed by atoms with E-state index < -0.39 is 0 Å². The van der Waals surface area contributed by atoms with Crippen molar-refractivity contribution in [2.24, 2.45) is 0 Å². The summed E-state index contributed by atoms with van der Waals surface area (Å²) in [6.45, 7) is 10.4. The number of methoxy groups -OCH3 is 2. The molecule has 4 heteroatoms. The Hall–Kier alpha value is -2.72. The van der Waals surface area contributed by atoms with Gasteiger partial charge in [-0.1, -0.05) is 6.08 Å². The molecular weight excluding hydrogens is 252 g/mol. The summed E-state index contributed by atoms with van der Waals surface area (Å²) in [5.74, 6) is 1.26. The van der Waals surface area contributed by atoms with Gasteiger partial charge in [-0.25, -0.2) is 4.85 Å². The van der Waals surface area contributed by atoms with Crippen molar-refractivity contribution in [2.75, 3.05) is 14.2 Å². The highest BCUT2D eigenvalue weighted by Crippen LogP contribution is 2.32. The van der Waals surface area contributed by atoms with Crippen LogP contribution in [0.3, 0.4) is 0 Å². The van der Waals surface area contributed by atoms with Crippen LogP contribution < -0.4 is 9.47 Å². The molecule has 0 aromatic heterocycles. The van der Waals surface area contributed by atoms with Crippen molar-refractivity contribution >= 4 is 12.2 Å². The average Bonchev–Trinajstić information content (AvgIpc) is 2.47. The van der Waals surface area contributed by atoms with Crippen LogP contribution >= 0.6 is 0 Å². The number of nitriles is 1. The van der Waals surface area contributed by atoms with Crippen LogP contribution in [-0.4, -0.2) is 14.2 Å². The maximum atomic E-state index is 8.86. The van der Waals surface area contributed by atoms with E-state index in [1.165, 1.54) is 0 Å². The molecule has 0 saturated carbocycles. The Balaban J connectivity index is 3.47. The van der Waals surface area contributed by atoms with Crippen LogP contribution in [0.15, 0.2) is 23.4 Å². The van der Waals surface area contributed by atoms with Gasteiger partial charge in [-0.3, -0.25) is 0 Å². The van der Waals surface area contributed by atoms with Crippen molar-refractivity contribution in [3.63, 3.8) is 0 Å². The summed E-state index contributed by atoms with van der Waals surface area (Å²) in [6, 6.07) is 5.66. The molecule has 0 heterocycles. The van der Waals surface area contributed by atoms with Crippen molar-refractivity contribution in [3.05, 3.63) is 45.9 Å². The third kappa shape index (κ3) is 3.63. The number of hydrogen-bond acceptors (Lipinski definition) is 3. The van der Waals surface area contributed by atoms with Crippen LogP contribution in [0.4, 0.5) is 0 Å². The van der Waals surface area contributed by atoms with Gasteiger partial charge in [-0.2, -0.15) is 5.26 Å². The van der Waals surface area contributed by atoms with Crippen LogP contribution in [0.25, 0.3) is 17.0 Å². The van der Waals surface area contributed by atoms with Crippen molar-refractivity contribution in [1.29, 1.82) is 5.26 Å². The lowest BCUT2D eigenvalue weighted by atomic mass is 10.1. The molecule has 0 aliphatic carbocycles. The molecule has 1 aromatic rings. The van der Waals surface area contributed by atoms with E-state index in [-0.39, 0.29) is 0 Å². The molecular formula is C16H16N2O2. The molecule has 0 spiro atoms. The second-order valence-corrected chi connectivity index (χ2v) is 4.17. The largest absolute Gasteiger partial charge is 0.496 e. The first-order chi connectivity index (χ1) is 9.55. The number of ether oxygens (including phenoxy) is 2. The van der Waals surface area contributed by atoms with Gasteiger partial charge in [0.25, 0.3) is 0 Å². The lowest BCUT2D eigenvalue weighted by Gasteiger charge is -2.11. The van der Waals surface area contributed by atoms with E-state index in [9.17, 15) is 0 Å². The normalized spacial score (nSPS) is 11.5. The molecule has 0 unspecified atom stereocenters. The number of rotatable bonds is 4. The third-order valence-electron chi connectivity index (χ3n) is 2.67. The van der Waals surface area contributed by atoms with Crippen LogP contribution in [0.5, 0.6) is 11.5 Å². The molecule has 0 aliphatic rings. The van der Waals surface area contributed by atoms with E-state index in [0.717, 1.165) is 11.1 Å². The van der Waals surface area contributed by atoms with E-state index in [1.807, 2.05) is 0 Å². The van der Waals surface area contributed by atoms with E-state index >= 15 is 0 Å². The predicted molar refractivity (Wildman–Crippen MR) is 79.1 cm³/mol. The molecule has 0 aliphatic heterocycles. The standard InChI is InChI=1S/C16H16N2O2/c1-11(10-17)6-13-8-16(20-5)14(7-12(2)18-3)9-15(13)19-4/h6-9H,1-2,4-5H3. The fourth-order valence-electron chi connectivity index (χ4n) is 1.69. The highest BCUT2D eigenvalue weighted by molar-refractivity contribution is 5.70. The van der Waals surface area contributed by atoms with E-state index in [4.69, 9.17) is 21.3 Å². The highest BCUT2D eigenvalue weighted by Gasteiger charge is 2.09. The van der Waals surface area contributed by atoms with Crippen molar-refractivity contribution in [3.8, 4) is 17.6 Å². The zero-order valence-electron chi connectivity index (χ0n) is 12.0. The molecule has 0 N–H and O–H groups in total. The van der Waals surface area contributed by atoms with Gasteiger partial charge in [0.15, 0.2) is 5.70 Å². The molecule has 1 aromatic carbocycles. The van der Waals surface area contributed by atoms with Gasteiger partial charge in [0.2, 0.25) is 0 Å². The van der Waals surface area contributed by atoms with E-state index in [0.29, 0.717) is 22.8 Å². The SMILES string of the molecule is [C-]#[N+]C(C)=Cc1cc(OC)c(C=C(C)C#N)cc1OC. The Morgan fingerprint density at radius 2 is 1.65 bits per heavy atom. The van der Waals surface area contributed by atoms with Gasteiger partial charge in [-0.05, 0) is 32.1 Å². The van der Waals surface area contributed by atoms with Gasteiger partial charge in [0.05, 0.1) is 26.9 Å². The Morgan fingerprint density at radius 1 is 1.15 bits per heavy atom. The average molecular weight is 268 g/mol. The van der Waals surface area contributed by atoms with Crippen molar-refractivity contribution in [1.82, 2.24) is 0 Å². The van der Waals surface area contributed by atoms with Crippen molar-refractivity contribution < 1.29 is 9.47 Å². The van der Waals surface area contributed by atoms with Gasteiger partial charge in [0, 0.05) is 16.7 Å². The maximum absolute atomic E-state index is 8.86. The minimum atomic E-state index is 0.557. The monoisotopic (exact) mass is 268 g/mol. The fraction of sp³-hybridized carbons (Fsp3) is 0.250. The van der Waals surface area contributed by atoms with Gasteiger partial charge in [0.1, 0.15) is 11.5 Å². The predicted octanol–water partition coefficient (Wildman–Crippen LogP) is 3.91. The van der Waals surface area contributed by atoms with E-state index in [2.05, 4.69) is 10.9 Å². The van der Waals surface area contributed by atoms with Crippen molar-refractivity contribution in [2.45, 2.75) is 13.8 Å². The Bertz CT molecular complexity index is 586. The molecule has 1 rings (SSSR count). The quantitative estimate of drug-likeness (QED) is 0.614. The Labute approximate surface area is 119 Å². The Morgan fingerprint density at radius 3 is 2.05 bits per heavy atom. The highest BCUT2D eigenvalue weighted by atomic mass is 16.5. The van der Waals surface area contributed by atoms with E-state index in [1.54, 1.807) is 52.4 Å². The van der Waals surface area contributed by atoms with Crippen LogP contribution in [-0.2, 0) is 0 Å². The Kier molecular flexibility index (Phi) is 5.38. The summed E-state index contributed by atoms with van der Waals surface area (Å²) >= 11 is 0. The number of benzene rings is 1. The minimum absolute atomic E-state index is 0.557. The van der Waals surface area contributed by atoms with Crippen LogP contribution in [0, 0.1) is 17.9 Å². The maximum Gasteiger partial charge on any atom is 0.163 e. The summed E-state index contributed by atoms with van der Waals surface area (Å²) in [5, 5.41) is 8.86. The molecule has 0 atom stereocenters. The molecule has 102 valence electrons. The summed E-state index contributed by atoms with van der Waals surface area (Å²) in [4.78, 5) is 3.36. The summed E-state index contributed by atoms with van der Waals surface area (Å²) < 4.78 is 10.7. The molecule has 0 radical (unpaired) electrons. The molecule has 0 saturated heterocycles. The molecule has 20 heavy (non-hydrogen) atoms.